The molecule has 2 saturated carbocycles. The molecule has 8 heteroatoms. The Morgan fingerprint density at radius 2 is 1.71 bits per heavy atom. The van der Waals surface area contributed by atoms with Gasteiger partial charge in [0.2, 0.25) is 15.9 Å². The average Bonchev–Trinajstić information content (AvgIpc) is 3.44. The van der Waals surface area contributed by atoms with Crippen LogP contribution < -0.4 is 10.9 Å². The molecule has 1 aromatic rings. The van der Waals surface area contributed by atoms with Gasteiger partial charge in [-0.2, -0.15) is 4.31 Å². The van der Waals surface area contributed by atoms with E-state index in [1.165, 1.54) is 47.8 Å². The number of sulfonamides is 1. The Bertz CT molecular complexity index is 847. The highest BCUT2D eigenvalue weighted by Gasteiger charge is 2.40. The summed E-state index contributed by atoms with van der Waals surface area (Å²) in [6.45, 7) is 1.08. The predicted octanol–water partition coefficient (Wildman–Crippen LogP) is 2.06. The Morgan fingerprint density at radius 3 is 2.32 bits per heavy atom. The first kappa shape index (κ1) is 19.4. The number of amides is 2. The van der Waals surface area contributed by atoms with E-state index in [2.05, 4.69) is 10.9 Å². The molecule has 0 radical (unpaired) electrons. The number of carbonyl (C=O) groups excluding carboxylic acids is 2. The number of nitrogens with one attached hydrogen (secondary N) is 2. The van der Waals surface area contributed by atoms with E-state index in [0.717, 1.165) is 25.2 Å². The van der Waals surface area contributed by atoms with Crippen molar-refractivity contribution in [2.45, 2.75) is 49.8 Å². The Hall–Kier alpha value is -1.93. The number of benzene rings is 1. The first-order chi connectivity index (χ1) is 13.4. The summed E-state index contributed by atoms with van der Waals surface area (Å²) < 4.78 is 26.5. The van der Waals surface area contributed by atoms with Crippen LogP contribution in [0.1, 0.15) is 55.3 Å². The normalized spacial score (nSPS) is 27.1. The fraction of sp³-hybridized carbons (Fsp3) is 0.600. The van der Waals surface area contributed by atoms with Crippen LogP contribution >= 0.6 is 0 Å². The van der Waals surface area contributed by atoms with Crippen LogP contribution in [0.3, 0.4) is 0 Å². The molecule has 3 atom stereocenters. The Labute approximate surface area is 165 Å². The summed E-state index contributed by atoms with van der Waals surface area (Å²) in [6, 6.07) is 5.83. The van der Waals surface area contributed by atoms with Crippen LogP contribution in [0.5, 0.6) is 0 Å². The van der Waals surface area contributed by atoms with Gasteiger partial charge >= 0.3 is 0 Å². The van der Waals surface area contributed by atoms with Crippen molar-refractivity contribution < 1.29 is 18.0 Å². The van der Waals surface area contributed by atoms with Gasteiger partial charge < -0.3 is 0 Å². The van der Waals surface area contributed by atoms with Gasteiger partial charge in [0.25, 0.3) is 5.91 Å². The third-order valence-electron chi connectivity index (χ3n) is 6.47. The molecule has 1 aliphatic heterocycles. The highest BCUT2D eigenvalue weighted by Crippen LogP contribution is 2.49. The number of carbonyl (C=O) groups is 2. The van der Waals surface area contributed by atoms with Crippen molar-refractivity contribution in [3.63, 3.8) is 0 Å². The average molecular weight is 406 g/mol. The number of rotatable bonds is 5. The summed E-state index contributed by atoms with van der Waals surface area (Å²) in [5.41, 5.74) is 5.23. The van der Waals surface area contributed by atoms with Gasteiger partial charge in [-0.1, -0.05) is 6.42 Å². The van der Waals surface area contributed by atoms with Crippen molar-refractivity contribution in [3.8, 4) is 0 Å². The zero-order valence-electron chi connectivity index (χ0n) is 15.9. The van der Waals surface area contributed by atoms with Gasteiger partial charge in [-0.15, -0.1) is 0 Å². The van der Waals surface area contributed by atoms with Crippen LogP contribution in [0.4, 0.5) is 0 Å². The Kier molecular flexibility index (Phi) is 5.42. The maximum Gasteiger partial charge on any atom is 0.269 e. The predicted molar refractivity (Wildman–Crippen MR) is 104 cm³/mol. The molecular weight excluding hydrogens is 378 g/mol. The standard InChI is InChI=1S/C20H27N3O4S/c24-19(13-17-12-14-3-4-16(17)11-14)21-22-20(25)15-5-7-18(8-6-15)28(26,27)23-9-1-2-10-23/h5-8,14,16-17H,1-4,9-13H2,(H,21,24)(H,22,25)/t14-,16+,17-/m0/s1. The summed E-state index contributed by atoms with van der Waals surface area (Å²) in [4.78, 5) is 24.6. The highest BCUT2D eigenvalue weighted by atomic mass is 32.2. The smallest absolute Gasteiger partial charge is 0.269 e. The molecule has 3 aliphatic rings. The molecule has 2 amide bonds. The second-order valence-electron chi connectivity index (χ2n) is 8.28. The molecule has 0 spiro atoms. The third kappa shape index (κ3) is 3.93. The maximum absolute atomic E-state index is 12.5. The molecule has 1 saturated heterocycles. The summed E-state index contributed by atoms with van der Waals surface area (Å²) in [5, 5.41) is 0. The van der Waals surface area contributed by atoms with E-state index in [1.807, 2.05) is 0 Å². The minimum Gasteiger partial charge on any atom is -0.273 e. The summed E-state index contributed by atoms with van der Waals surface area (Å²) in [7, 11) is -3.49. The van der Waals surface area contributed by atoms with Gasteiger partial charge in [-0.05, 0) is 74.1 Å². The monoisotopic (exact) mass is 405 g/mol. The fourth-order valence-corrected chi connectivity index (χ4v) is 6.49. The number of fused-ring (bicyclic) bond motifs is 2. The molecule has 4 rings (SSSR count). The lowest BCUT2D eigenvalue weighted by molar-refractivity contribution is -0.123. The second kappa shape index (κ2) is 7.83. The van der Waals surface area contributed by atoms with Gasteiger partial charge in [0.15, 0.2) is 0 Å². The zero-order valence-corrected chi connectivity index (χ0v) is 16.7. The van der Waals surface area contributed by atoms with Crippen LogP contribution in [0.2, 0.25) is 0 Å². The molecule has 3 fully saturated rings. The lowest BCUT2D eigenvalue weighted by Gasteiger charge is -2.20. The van der Waals surface area contributed by atoms with Gasteiger partial charge in [-0.25, -0.2) is 8.42 Å². The lowest BCUT2D eigenvalue weighted by Crippen LogP contribution is -2.42. The molecule has 2 aliphatic carbocycles. The number of hydrogen-bond acceptors (Lipinski definition) is 4. The van der Waals surface area contributed by atoms with Crippen molar-refractivity contribution in [3.05, 3.63) is 29.8 Å². The first-order valence-electron chi connectivity index (χ1n) is 10.1. The van der Waals surface area contributed by atoms with Crippen LogP contribution in [-0.4, -0.2) is 37.6 Å². The van der Waals surface area contributed by atoms with Crippen molar-refractivity contribution >= 4 is 21.8 Å². The molecule has 7 nitrogen and oxygen atoms in total. The van der Waals surface area contributed by atoms with E-state index in [4.69, 9.17) is 0 Å². The third-order valence-corrected chi connectivity index (χ3v) is 8.38. The van der Waals surface area contributed by atoms with Crippen LogP contribution in [0.25, 0.3) is 0 Å². The topological polar surface area (TPSA) is 95.6 Å². The Morgan fingerprint density at radius 1 is 1.00 bits per heavy atom. The largest absolute Gasteiger partial charge is 0.273 e. The molecule has 2 bridgehead atoms. The molecule has 0 unspecified atom stereocenters. The number of hydrogen-bond donors (Lipinski definition) is 2. The molecule has 28 heavy (non-hydrogen) atoms. The molecule has 2 N–H and O–H groups in total. The van der Waals surface area contributed by atoms with E-state index in [0.29, 0.717) is 36.9 Å². The number of nitrogens with zero attached hydrogens (tertiary/aromatic N) is 1. The van der Waals surface area contributed by atoms with E-state index in [9.17, 15) is 18.0 Å². The molecular formula is C20H27N3O4S. The van der Waals surface area contributed by atoms with Gasteiger partial charge in [0.1, 0.15) is 0 Å². The van der Waals surface area contributed by atoms with Crippen molar-refractivity contribution in [2.24, 2.45) is 17.8 Å². The van der Waals surface area contributed by atoms with E-state index >= 15 is 0 Å². The molecule has 152 valence electrons. The molecule has 1 aromatic carbocycles. The van der Waals surface area contributed by atoms with Crippen molar-refractivity contribution in [2.75, 3.05) is 13.1 Å². The van der Waals surface area contributed by atoms with E-state index in [-0.39, 0.29) is 10.8 Å². The van der Waals surface area contributed by atoms with Crippen LogP contribution in [-0.2, 0) is 14.8 Å². The SMILES string of the molecule is O=C(C[C@@H]1C[C@H]2CC[C@@H]1C2)NNC(=O)c1ccc(S(=O)(=O)N2CCCC2)cc1. The summed E-state index contributed by atoms with van der Waals surface area (Å²) in [6.07, 6.45) is 7.10. The second-order valence-corrected chi connectivity index (χ2v) is 10.2. The minimum atomic E-state index is -3.49. The Balaban J connectivity index is 1.29. The first-order valence-corrected chi connectivity index (χ1v) is 11.6. The van der Waals surface area contributed by atoms with Crippen LogP contribution in [0, 0.1) is 17.8 Å². The van der Waals surface area contributed by atoms with E-state index in [1.54, 1.807) is 0 Å². The highest BCUT2D eigenvalue weighted by molar-refractivity contribution is 7.89. The fourth-order valence-electron chi connectivity index (χ4n) is 4.97. The quantitative estimate of drug-likeness (QED) is 0.733. The van der Waals surface area contributed by atoms with E-state index < -0.39 is 15.9 Å². The van der Waals surface area contributed by atoms with Crippen LogP contribution in [0.15, 0.2) is 29.2 Å². The zero-order chi connectivity index (χ0) is 19.7. The maximum atomic E-state index is 12.5. The minimum absolute atomic E-state index is 0.167. The van der Waals surface area contributed by atoms with Gasteiger partial charge in [-0.3, -0.25) is 20.4 Å². The lowest BCUT2D eigenvalue weighted by atomic mass is 9.86. The number of hydrazine groups is 1. The molecule has 1 heterocycles. The summed E-state index contributed by atoms with van der Waals surface area (Å²) >= 11 is 0. The van der Waals surface area contributed by atoms with Crippen molar-refractivity contribution in [1.82, 2.24) is 15.2 Å². The van der Waals surface area contributed by atoms with Gasteiger partial charge in [0.05, 0.1) is 4.90 Å². The van der Waals surface area contributed by atoms with Crippen molar-refractivity contribution in [1.29, 1.82) is 0 Å². The van der Waals surface area contributed by atoms with Gasteiger partial charge in [0, 0.05) is 25.1 Å². The summed E-state index contributed by atoms with van der Waals surface area (Å²) in [5.74, 6) is 1.26. The molecule has 0 aromatic heterocycles.